The molecule has 0 aliphatic heterocycles. The molecule has 2 nitrogen and oxygen atoms in total. The lowest BCUT2D eigenvalue weighted by molar-refractivity contribution is -0.0510. The third kappa shape index (κ3) is 4.56. The van der Waals surface area contributed by atoms with Crippen molar-refractivity contribution in [1.29, 1.82) is 0 Å². The second-order valence-corrected chi connectivity index (χ2v) is 12.0. The SMILES string of the molecule is CC.CC(C)(O)CCCC[C@H]1CCC2[C@@H]3CC=C4C[C@@H](O)CC[C@]4(C)C3CCC21C. The van der Waals surface area contributed by atoms with E-state index < -0.39 is 5.60 Å². The molecule has 4 aliphatic rings. The lowest BCUT2D eigenvalue weighted by Gasteiger charge is -2.58. The smallest absolute Gasteiger partial charge is 0.0591 e. The van der Waals surface area contributed by atoms with Gasteiger partial charge in [-0.1, -0.05) is 52.2 Å². The summed E-state index contributed by atoms with van der Waals surface area (Å²) in [6, 6.07) is 0. The number of unbranched alkanes of at least 4 members (excludes halogenated alkanes) is 1. The van der Waals surface area contributed by atoms with E-state index in [1.54, 1.807) is 5.57 Å². The van der Waals surface area contributed by atoms with Gasteiger partial charge in [-0.25, -0.2) is 0 Å². The fourth-order valence-corrected chi connectivity index (χ4v) is 8.17. The molecule has 3 fully saturated rings. The van der Waals surface area contributed by atoms with Gasteiger partial charge in [0.2, 0.25) is 0 Å². The average molecular weight is 419 g/mol. The Bertz CT molecular complexity index is 602. The number of allylic oxidation sites excluding steroid dienone is 1. The van der Waals surface area contributed by atoms with Crippen molar-refractivity contribution >= 4 is 0 Å². The number of hydrogen-bond acceptors (Lipinski definition) is 2. The Kier molecular flexibility index (Phi) is 7.50. The quantitative estimate of drug-likeness (QED) is 0.363. The van der Waals surface area contributed by atoms with Crippen molar-refractivity contribution in [2.24, 2.45) is 34.5 Å². The number of aliphatic hydroxyl groups excluding tert-OH is 1. The lowest BCUT2D eigenvalue weighted by Crippen LogP contribution is -2.50. The highest BCUT2D eigenvalue weighted by Gasteiger charge is 2.58. The zero-order valence-corrected chi connectivity index (χ0v) is 20.8. The van der Waals surface area contributed by atoms with Crippen LogP contribution in [0.4, 0.5) is 0 Å². The van der Waals surface area contributed by atoms with Crippen molar-refractivity contribution < 1.29 is 10.2 Å². The van der Waals surface area contributed by atoms with Crippen molar-refractivity contribution in [2.75, 3.05) is 0 Å². The lowest BCUT2D eigenvalue weighted by atomic mass is 9.47. The number of rotatable bonds is 5. The summed E-state index contributed by atoms with van der Waals surface area (Å²) >= 11 is 0. The van der Waals surface area contributed by atoms with Crippen LogP contribution in [0, 0.1) is 34.5 Å². The van der Waals surface area contributed by atoms with Crippen LogP contribution < -0.4 is 0 Å². The molecule has 0 radical (unpaired) electrons. The summed E-state index contributed by atoms with van der Waals surface area (Å²) in [5.41, 5.74) is 2.01. The van der Waals surface area contributed by atoms with Crippen LogP contribution in [0.15, 0.2) is 11.6 Å². The molecule has 4 rings (SSSR count). The van der Waals surface area contributed by atoms with Gasteiger partial charge in [0.1, 0.15) is 0 Å². The Morgan fingerprint density at radius 2 is 1.73 bits per heavy atom. The minimum Gasteiger partial charge on any atom is -0.393 e. The predicted molar refractivity (Wildman–Crippen MR) is 127 cm³/mol. The average Bonchev–Trinajstić information content (AvgIpc) is 3.03. The van der Waals surface area contributed by atoms with Crippen LogP contribution >= 0.6 is 0 Å². The van der Waals surface area contributed by atoms with Crippen molar-refractivity contribution in [3.05, 3.63) is 11.6 Å². The normalized spacial score (nSPS) is 42.9. The first kappa shape index (κ1) is 24.3. The van der Waals surface area contributed by atoms with E-state index in [1.807, 2.05) is 27.7 Å². The second-order valence-electron chi connectivity index (χ2n) is 12.0. The Balaban J connectivity index is 0.00000124. The van der Waals surface area contributed by atoms with Crippen LogP contribution in [0.5, 0.6) is 0 Å². The molecule has 2 N–H and O–H groups in total. The molecule has 174 valence electrons. The summed E-state index contributed by atoms with van der Waals surface area (Å²) in [5.74, 6) is 3.54. The fraction of sp³-hybridized carbons (Fsp3) is 0.929. The van der Waals surface area contributed by atoms with Gasteiger partial charge in [-0.05, 0) is 113 Å². The Morgan fingerprint density at radius 3 is 2.43 bits per heavy atom. The Hall–Kier alpha value is -0.340. The van der Waals surface area contributed by atoms with Crippen molar-refractivity contribution in [1.82, 2.24) is 0 Å². The summed E-state index contributed by atoms with van der Waals surface area (Å²) in [6.07, 6.45) is 17.3. The zero-order chi connectivity index (χ0) is 22.2. The van der Waals surface area contributed by atoms with Crippen molar-refractivity contribution in [3.63, 3.8) is 0 Å². The molecule has 0 heterocycles. The van der Waals surface area contributed by atoms with Crippen molar-refractivity contribution in [3.8, 4) is 0 Å². The van der Waals surface area contributed by atoms with Gasteiger partial charge in [0.25, 0.3) is 0 Å². The van der Waals surface area contributed by atoms with E-state index >= 15 is 0 Å². The molecule has 0 bridgehead atoms. The number of aliphatic hydroxyl groups is 2. The summed E-state index contributed by atoms with van der Waals surface area (Å²) in [4.78, 5) is 0. The van der Waals surface area contributed by atoms with Gasteiger partial charge in [0.15, 0.2) is 0 Å². The molecule has 30 heavy (non-hydrogen) atoms. The summed E-state index contributed by atoms with van der Waals surface area (Å²) in [5, 5.41) is 20.2. The number of fused-ring (bicyclic) bond motifs is 5. The summed E-state index contributed by atoms with van der Waals surface area (Å²) in [7, 11) is 0. The number of hydrogen-bond donors (Lipinski definition) is 2. The molecule has 0 amide bonds. The standard InChI is InChI=1S/C26H44O2.C2H6/c1-24(2,28)14-6-5-7-18-9-11-22-21-10-8-19-17-20(27)12-15-26(19,4)23(21)13-16-25(18,22)3;1-2/h8,18,20-23,27-28H,5-7,9-17H2,1-4H3;1-2H3/t18-,20-,21-,22?,23?,25?,26-;/m0./s1. The van der Waals surface area contributed by atoms with E-state index in [0.29, 0.717) is 10.8 Å². The topological polar surface area (TPSA) is 40.5 Å². The van der Waals surface area contributed by atoms with Crippen LogP contribution in [0.1, 0.15) is 119 Å². The van der Waals surface area contributed by atoms with E-state index in [1.165, 1.54) is 57.8 Å². The van der Waals surface area contributed by atoms with Gasteiger partial charge in [0.05, 0.1) is 11.7 Å². The molecule has 2 heteroatoms. The van der Waals surface area contributed by atoms with Crippen LogP contribution in [0.25, 0.3) is 0 Å². The summed E-state index contributed by atoms with van der Waals surface area (Å²) in [6.45, 7) is 13.1. The first-order chi connectivity index (χ1) is 14.1. The van der Waals surface area contributed by atoms with Crippen LogP contribution in [0.2, 0.25) is 0 Å². The van der Waals surface area contributed by atoms with E-state index in [4.69, 9.17) is 0 Å². The first-order valence-corrected chi connectivity index (χ1v) is 13.2. The highest BCUT2D eigenvalue weighted by molar-refractivity contribution is 5.25. The maximum atomic E-state index is 10.2. The van der Waals surface area contributed by atoms with E-state index in [-0.39, 0.29) is 6.10 Å². The van der Waals surface area contributed by atoms with E-state index in [0.717, 1.165) is 42.9 Å². The second kappa shape index (κ2) is 9.26. The van der Waals surface area contributed by atoms with Crippen molar-refractivity contribution in [2.45, 2.75) is 130 Å². The van der Waals surface area contributed by atoms with Gasteiger partial charge < -0.3 is 10.2 Å². The summed E-state index contributed by atoms with van der Waals surface area (Å²) < 4.78 is 0. The molecule has 7 atom stereocenters. The monoisotopic (exact) mass is 418 g/mol. The molecule has 0 aromatic rings. The molecule has 4 aliphatic carbocycles. The fourth-order valence-electron chi connectivity index (χ4n) is 8.17. The van der Waals surface area contributed by atoms with Gasteiger partial charge in [-0.2, -0.15) is 0 Å². The highest BCUT2D eigenvalue weighted by Crippen LogP contribution is 2.66. The minimum atomic E-state index is -0.505. The minimum absolute atomic E-state index is 0.0931. The van der Waals surface area contributed by atoms with Crippen LogP contribution in [-0.4, -0.2) is 21.9 Å². The predicted octanol–water partition coefficient (Wildman–Crippen LogP) is 7.28. The van der Waals surface area contributed by atoms with Crippen LogP contribution in [-0.2, 0) is 0 Å². The molecule has 0 aromatic heterocycles. The van der Waals surface area contributed by atoms with Gasteiger partial charge in [0, 0.05) is 0 Å². The first-order valence-electron chi connectivity index (χ1n) is 13.2. The molecule has 3 saturated carbocycles. The van der Waals surface area contributed by atoms with E-state index in [2.05, 4.69) is 19.9 Å². The maximum Gasteiger partial charge on any atom is 0.0591 e. The molecule has 0 aromatic carbocycles. The Morgan fingerprint density at radius 1 is 1.00 bits per heavy atom. The van der Waals surface area contributed by atoms with E-state index in [9.17, 15) is 10.2 Å². The molecular formula is C28H50O2. The zero-order valence-electron chi connectivity index (χ0n) is 20.8. The van der Waals surface area contributed by atoms with Gasteiger partial charge >= 0.3 is 0 Å². The largest absolute Gasteiger partial charge is 0.393 e. The third-order valence-corrected chi connectivity index (χ3v) is 9.87. The third-order valence-electron chi connectivity index (χ3n) is 9.87. The Labute approximate surface area is 186 Å². The van der Waals surface area contributed by atoms with Gasteiger partial charge in [-0.15, -0.1) is 0 Å². The molecule has 3 unspecified atom stereocenters. The maximum absolute atomic E-state index is 10.2. The van der Waals surface area contributed by atoms with Gasteiger partial charge in [-0.3, -0.25) is 0 Å². The molecule has 0 saturated heterocycles. The molecular weight excluding hydrogens is 368 g/mol. The van der Waals surface area contributed by atoms with Crippen LogP contribution in [0.3, 0.4) is 0 Å². The highest BCUT2D eigenvalue weighted by atomic mass is 16.3. The molecule has 0 spiro atoms.